The number of hydrogen-bond donors (Lipinski definition) is 0. The van der Waals surface area contributed by atoms with Crippen molar-refractivity contribution in [2.24, 2.45) is 11.1 Å². The van der Waals surface area contributed by atoms with E-state index in [0.29, 0.717) is 5.92 Å². The van der Waals surface area contributed by atoms with Crippen LogP contribution >= 0.6 is 0 Å². The van der Waals surface area contributed by atoms with Gasteiger partial charge in [-0.1, -0.05) is 29.1 Å². The number of nitrogens with zero attached hydrogens (tertiary/aromatic N) is 1. The summed E-state index contributed by atoms with van der Waals surface area (Å²) in [5.41, 5.74) is 3.28. The van der Waals surface area contributed by atoms with Crippen LogP contribution in [0.3, 0.4) is 0 Å². The Morgan fingerprint density at radius 1 is 1.24 bits per heavy atom. The van der Waals surface area contributed by atoms with E-state index in [1.54, 1.807) is 0 Å². The summed E-state index contributed by atoms with van der Waals surface area (Å²) in [7, 11) is 0. The highest BCUT2D eigenvalue weighted by Crippen LogP contribution is 2.27. The SMILES string of the molecule is CC1CC(c2ccc(C#CC3CC3)cc2)=NO1. The van der Waals surface area contributed by atoms with Crippen LogP contribution in [0, 0.1) is 17.8 Å². The summed E-state index contributed by atoms with van der Waals surface area (Å²) >= 11 is 0. The van der Waals surface area contributed by atoms with Crippen LogP contribution < -0.4 is 0 Å². The van der Waals surface area contributed by atoms with Gasteiger partial charge in [0.2, 0.25) is 0 Å². The van der Waals surface area contributed by atoms with Crippen molar-refractivity contribution in [2.45, 2.75) is 32.3 Å². The maximum absolute atomic E-state index is 5.20. The van der Waals surface area contributed by atoms with E-state index in [-0.39, 0.29) is 6.10 Å². The van der Waals surface area contributed by atoms with Crippen molar-refractivity contribution >= 4 is 5.71 Å². The zero-order valence-electron chi connectivity index (χ0n) is 9.94. The first kappa shape index (κ1) is 10.4. The van der Waals surface area contributed by atoms with E-state index in [0.717, 1.165) is 23.3 Å². The van der Waals surface area contributed by atoms with E-state index in [1.807, 2.05) is 6.92 Å². The molecule has 3 rings (SSSR count). The Morgan fingerprint density at radius 3 is 2.59 bits per heavy atom. The number of rotatable bonds is 1. The second-order valence-corrected chi connectivity index (χ2v) is 4.78. The first-order chi connectivity index (χ1) is 8.31. The summed E-state index contributed by atoms with van der Waals surface area (Å²) in [6.45, 7) is 2.03. The van der Waals surface area contributed by atoms with Crippen molar-refractivity contribution < 1.29 is 4.84 Å². The maximum Gasteiger partial charge on any atom is 0.130 e. The molecule has 0 saturated heterocycles. The summed E-state index contributed by atoms with van der Waals surface area (Å²) in [4.78, 5) is 5.20. The van der Waals surface area contributed by atoms with Crippen molar-refractivity contribution in [3.63, 3.8) is 0 Å². The molecule has 1 unspecified atom stereocenters. The zero-order valence-corrected chi connectivity index (χ0v) is 9.94. The van der Waals surface area contributed by atoms with E-state index >= 15 is 0 Å². The Bertz CT molecular complexity index is 500. The van der Waals surface area contributed by atoms with Crippen molar-refractivity contribution in [2.75, 3.05) is 0 Å². The average molecular weight is 225 g/mol. The second-order valence-electron chi connectivity index (χ2n) is 4.78. The highest BCUT2D eigenvalue weighted by molar-refractivity contribution is 6.01. The third kappa shape index (κ3) is 2.50. The van der Waals surface area contributed by atoms with Gasteiger partial charge in [0, 0.05) is 17.9 Å². The molecule has 1 fully saturated rings. The molecule has 0 bridgehead atoms. The summed E-state index contributed by atoms with van der Waals surface area (Å²) in [5.74, 6) is 7.13. The fraction of sp³-hybridized carbons (Fsp3) is 0.400. The van der Waals surface area contributed by atoms with Crippen molar-refractivity contribution in [1.82, 2.24) is 0 Å². The van der Waals surface area contributed by atoms with Gasteiger partial charge in [-0.15, -0.1) is 0 Å². The van der Waals surface area contributed by atoms with Crippen LogP contribution in [0.4, 0.5) is 0 Å². The van der Waals surface area contributed by atoms with E-state index in [4.69, 9.17) is 4.84 Å². The van der Waals surface area contributed by atoms with Gasteiger partial charge in [-0.2, -0.15) is 0 Å². The Labute approximate surface area is 102 Å². The maximum atomic E-state index is 5.20. The van der Waals surface area contributed by atoms with Crippen LogP contribution in [0.1, 0.15) is 37.3 Å². The highest BCUT2D eigenvalue weighted by atomic mass is 16.6. The lowest BCUT2D eigenvalue weighted by molar-refractivity contribution is 0.0995. The summed E-state index contributed by atoms with van der Waals surface area (Å²) < 4.78 is 0. The highest BCUT2D eigenvalue weighted by Gasteiger charge is 2.18. The molecule has 0 spiro atoms. The first-order valence-electron chi connectivity index (χ1n) is 6.16. The Hall–Kier alpha value is -1.75. The minimum absolute atomic E-state index is 0.208. The van der Waals surface area contributed by atoms with Gasteiger partial charge < -0.3 is 4.84 Å². The summed E-state index contributed by atoms with van der Waals surface area (Å²) in [6.07, 6.45) is 3.65. The minimum atomic E-state index is 0.208. The van der Waals surface area contributed by atoms with E-state index in [1.165, 1.54) is 12.8 Å². The molecule has 17 heavy (non-hydrogen) atoms. The lowest BCUT2D eigenvalue weighted by atomic mass is 10.0. The normalized spacial score (nSPS) is 22.4. The molecular weight excluding hydrogens is 210 g/mol. The molecule has 2 nitrogen and oxygen atoms in total. The smallest absolute Gasteiger partial charge is 0.130 e. The van der Waals surface area contributed by atoms with Crippen LogP contribution in [-0.4, -0.2) is 11.8 Å². The topological polar surface area (TPSA) is 21.6 Å². The molecule has 0 N–H and O–H groups in total. The number of hydrogen-bond acceptors (Lipinski definition) is 2. The Kier molecular flexibility index (Phi) is 2.60. The van der Waals surface area contributed by atoms with Crippen molar-refractivity contribution in [3.05, 3.63) is 35.4 Å². The zero-order chi connectivity index (χ0) is 11.7. The molecule has 1 saturated carbocycles. The van der Waals surface area contributed by atoms with Crippen LogP contribution in [0.25, 0.3) is 0 Å². The molecule has 0 amide bonds. The molecule has 86 valence electrons. The predicted molar refractivity (Wildman–Crippen MR) is 67.7 cm³/mol. The standard InChI is InChI=1S/C15H15NO/c1-11-10-15(16-17-11)14-8-6-13(7-9-14)5-4-12-2-3-12/h6-9,11-12H,2-3,10H2,1H3. The average Bonchev–Trinajstić information content (AvgIpc) is 3.09. The third-order valence-electron chi connectivity index (χ3n) is 3.04. The molecule has 1 aromatic carbocycles. The molecule has 1 atom stereocenters. The lowest BCUT2D eigenvalue weighted by Crippen LogP contribution is -2.02. The van der Waals surface area contributed by atoms with Gasteiger partial charge in [0.15, 0.2) is 0 Å². The lowest BCUT2D eigenvalue weighted by Gasteiger charge is -1.99. The molecule has 1 aliphatic carbocycles. The van der Waals surface area contributed by atoms with Crippen molar-refractivity contribution in [1.29, 1.82) is 0 Å². The van der Waals surface area contributed by atoms with Crippen molar-refractivity contribution in [3.8, 4) is 11.8 Å². The summed E-state index contributed by atoms with van der Waals surface area (Å²) in [5, 5.41) is 4.08. The van der Waals surface area contributed by atoms with E-state index in [2.05, 4.69) is 41.3 Å². The minimum Gasteiger partial charge on any atom is -0.392 e. The molecular formula is C15H15NO. The molecule has 2 heteroatoms. The molecule has 1 aliphatic heterocycles. The van der Waals surface area contributed by atoms with E-state index in [9.17, 15) is 0 Å². The van der Waals surface area contributed by atoms with Gasteiger partial charge in [0.25, 0.3) is 0 Å². The quantitative estimate of drug-likeness (QED) is 0.673. The Balaban J connectivity index is 1.74. The van der Waals surface area contributed by atoms with Gasteiger partial charge in [-0.05, 0) is 37.5 Å². The second kappa shape index (κ2) is 4.25. The predicted octanol–water partition coefficient (Wildman–Crippen LogP) is 2.96. The van der Waals surface area contributed by atoms with Crippen LogP contribution in [0.15, 0.2) is 29.4 Å². The molecule has 1 aromatic rings. The van der Waals surface area contributed by atoms with Crippen LogP contribution in [0.2, 0.25) is 0 Å². The van der Waals surface area contributed by atoms with Crippen LogP contribution in [-0.2, 0) is 4.84 Å². The third-order valence-corrected chi connectivity index (χ3v) is 3.04. The molecule has 2 aliphatic rings. The van der Waals surface area contributed by atoms with Gasteiger partial charge in [-0.25, -0.2) is 0 Å². The van der Waals surface area contributed by atoms with Gasteiger partial charge in [-0.3, -0.25) is 0 Å². The fourth-order valence-electron chi connectivity index (χ4n) is 1.83. The first-order valence-corrected chi connectivity index (χ1v) is 6.16. The molecule has 0 aromatic heterocycles. The van der Waals surface area contributed by atoms with Crippen LogP contribution in [0.5, 0.6) is 0 Å². The molecule has 1 heterocycles. The van der Waals surface area contributed by atoms with Gasteiger partial charge in [0.05, 0.1) is 5.71 Å². The van der Waals surface area contributed by atoms with E-state index < -0.39 is 0 Å². The summed E-state index contributed by atoms with van der Waals surface area (Å²) in [6, 6.07) is 8.29. The largest absolute Gasteiger partial charge is 0.392 e. The number of oxime groups is 1. The molecule has 0 radical (unpaired) electrons. The van der Waals surface area contributed by atoms with Gasteiger partial charge >= 0.3 is 0 Å². The number of benzene rings is 1. The monoisotopic (exact) mass is 225 g/mol. The van der Waals surface area contributed by atoms with Gasteiger partial charge in [0.1, 0.15) is 6.10 Å². The fourth-order valence-corrected chi connectivity index (χ4v) is 1.83. The Morgan fingerprint density at radius 2 is 2.00 bits per heavy atom.